The molecule has 3 amide bonds. The van der Waals surface area contributed by atoms with Crippen LogP contribution in [0.1, 0.15) is 38.6 Å². The molecule has 0 bridgehead atoms. The Morgan fingerprint density at radius 1 is 1.38 bits per heavy atom. The smallest absolute Gasteiger partial charge is 0.322 e. The van der Waals surface area contributed by atoms with Gasteiger partial charge in [0, 0.05) is 24.4 Å². The molecule has 0 fully saturated rings. The van der Waals surface area contributed by atoms with Crippen LogP contribution in [-0.4, -0.2) is 28.0 Å². The third kappa shape index (κ3) is 5.90. The highest BCUT2D eigenvalue weighted by Crippen LogP contribution is 2.21. The van der Waals surface area contributed by atoms with Crippen molar-refractivity contribution in [2.24, 2.45) is 5.92 Å². The number of imide groups is 1. The first-order valence-electron chi connectivity index (χ1n) is 6.44. The summed E-state index contributed by atoms with van der Waals surface area (Å²) < 4.78 is 0. The van der Waals surface area contributed by atoms with Crippen LogP contribution >= 0.6 is 11.3 Å². The van der Waals surface area contributed by atoms with Crippen LogP contribution in [0.2, 0.25) is 0 Å². The molecule has 0 saturated heterocycles. The number of carboxylic acid groups (broad SMARTS) is 1. The average molecular weight is 313 g/mol. The fraction of sp³-hybridized carbons (Fsp3) is 0.538. The van der Waals surface area contributed by atoms with Gasteiger partial charge >= 0.3 is 12.0 Å². The average Bonchev–Trinajstić information content (AvgIpc) is 2.79. The number of nitrogens with zero attached hydrogens (tertiary/aromatic N) is 1. The number of nitrogens with one attached hydrogen (secondary N) is 2. The molecule has 0 aliphatic rings. The van der Waals surface area contributed by atoms with Crippen molar-refractivity contribution in [3.63, 3.8) is 0 Å². The number of aromatic nitrogens is 1. The number of carboxylic acids is 1. The molecule has 1 atom stereocenters. The van der Waals surface area contributed by atoms with Crippen LogP contribution in [-0.2, 0) is 15.1 Å². The number of hydrogen-bond donors (Lipinski definition) is 3. The maximum Gasteiger partial charge on any atom is 0.322 e. The molecule has 0 spiro atoms. The molecule has 0 aliphatic carbocycles. The Morgan fingerprint density at radius 2 is 2.05 bits per heavy atom. The summed E-state index contributed by atoms with van der Waals surface area (Å²) in [5, 5.41) is 16.0. The number of aliphatic carboxylic acids is 1. The molecule has 1 aromatic heterocycles. The Labute approximate surface area is 126 Å². The highest BCUT2D eigenvalue weighted by atomic mass is 32.1. The minimum Gasteiger partial charge on any atom is -0.481 e. The summed E-state index contributed by atoms with van der Waals surface area (Å²) in [5.41, 5.74) is -0.689. The summed E-state index contributed by atoms with van der Waals surface area (Å²) in [6.45, 7) is 5.21. The monoisotopic (exact) mass is 313 g/mol. The Kier molecular flexibility index (Phi) is 5.83. The highest BCUT2D eigenvalue weighted by Gasteiger charge is 2.26. The second-order valence-corrected chi connectivity index (χ2v) is 6.27. The first kappa shape index (κ1) is 17.1. The minimum atomic E-state index is -0.968. The zero-order chi connectivity index (χ0) is 16.0. The molecule has 1 heterocycles. The zero-order valence-electron chi connectivity index (χ0n) is 12.2. The van der Waals surface area contributed by atoms with E-state index in [4.69, 9.17) is 5.11 Å². The lowest BCUT2D eigenvalue weighted by atomic mass is 10.0. The zero-order valence-corrected chi connectivity index (χ0v) is 13.0. The van der Waals surface area contributed by atoms with E-state index in [1.165, 1.54) is 11.3 Å². The highest BCUT2D eigenvalue weighted by molar-refractivity contribution is 7.09. The normalized spacial score (nSPS) is 12.5. The van der Waals surface area contributed by atoms with E-state index in [9.17, 15) is 14.4 Å². The Hall–Kier alpha value is -1.96. The van der Waals surface area contributed by atoms with E-state index in [2.05, 4.69) is 15.6 Å². The number of amides is 3. The van der Waals surface area contributed by atoms with Gasteiger partial charge in [0.25, 0.3) is 0 Å². The molecular formula is C13H19N3O4S. The van der Waals surface area contributed by atoms with E-state index in [1.54, 1.807) is 32.3 Å². The van der Waals surface area contributed by atoms with Crippen LogP contribution in [0, 0.1) is 5.92 Å². The summed E-state index contributed by atoms with van der Waals surface area (Å²) >= 11 is 1.40. The van der Waals surface area contributed by atoms with E-state index in [0.717, 1.165) is 5.01 Å². The standard InChI is InChI=1S/C13H19N3O4S/c1-8(7-10(18)19)6-9(17)15-12(20)16-13(2,3)11-14-4-5-21-11/h4-5,8H,6-7H2,1-3H3,(H,18,19)(H2,15,16,17,20). The van der Waals surface area contributed by atoms with Gasteiger partial charge < -0.3 is 10.4 Å². The van der Waals surface area contributed by atoms with Gasteiger partial charge in [-0.3, -0.25) is 14.9 Å². The number of rotatable bonds is 6. The fourth-order valence-corrected chi connectivity index (χ4v) is 2.48. The quantitative estimate of drug-likeness (QED) is 0.741. The van der Waals surface area contributed by atoms with E-state index in [-0.39, 0.29) is 18.8 Å². The minimum absolute atomic E-state index is 0.0165. The molecule has 1 rings (SSSR count). The third-order valence-electron chi connectivity index (χ3n) is 2.70. The maximum absolute atomic E-state index is 11.8. The lowest BCUT2D eigenvalue weighted by Crippen LogP contribution is -2.48. The van der Waals surface area contributed by atoms with Crippen LogP contribution in [0.4, 0.5) is 4.79 Å². The van der Waals surface area contributed by atoms with E-state index in [0.29, 0.717) is 0 Å². The SMILES string of the molecule is CC(CC(=O)O)CC(=O)NC(=O)NC(C)(C)c1nccs1. The first-order valence-corrected chi connectivity index (χ1v) is 7.32. The van der Waals surface area contributed by atoms with Crippen molar-refractivity contribution in [3.05, 3.63) is 16.6 Å². The Morgan fingerprint density at radius 3 is 2.57 bits per heavy atom. The lowest BCUT2D eigenvalue weighted by Gasteiger charge is -2.23. The third-order valence-corrected chi connectivity index (χ3v) is 3.80. The van der Waals surface area contributed by atoms with Gasteiger partial charge in [-0.1, -0.05) is 6.92 Å². The van der Waals surface area contributed by atoms with Gasteiger partial charge in [-0.15, -0.1) is 11.3 Å². The predicted octanol–water partition coefficient (Wildman–Crippen LogP) is 1.70. The summed E-state index contributed by atoms with van der Waals surface area (Å²) in [5.74, 6) is -1.80. The fourth-order valence-electron chi connectivity index (χ4n) is 1.77. The second kappa shape index (κ2) is 7.16. The summed E-state index contributed by atoms with van der Waals surface area (Å²) in [6, 6.07) is -0.622. The van der Waals surface area contributed by atoms with Crippen LogP contribution in [0.3, 0.4) is 0 Å². The lowest BCUT2D eigenvalue weighted by molar-refractivity contribution is -0.138. The number of carbonyl (C=O) groups is 3. The second-order valence-electron chi connectivity index (χ2n) is 5.37. The van der Waals surface area contributed by atoms with Crippen LogP contribution in [0.15, 0.2) is 11.6 Å². The van der Waals surface area contributed by atoms with E-state index >= 15 is 0 Å². The van der Waals surface area contributed by atoms with Crippen molar-refractivity contribution in [1.29, 1.82) is 0 Å². The van der Waals surface area contributed by atoms with Crippen molar-refractivity contribution in [2.75, 3.05) is 0 Å². The Bertz CT molecular complexity index is 513. The van der Waals surface area contributed by atoms with Crippen molar-refractivity contribution < 1.29 is 19.5 Å². The number of hydrogen-bond acceptors (Lipinski definition) is 5. The van der Waals surface area contributed by atoms with Gasteiger partial charge in [-0.2, -0.15) is 0 Å². The molecular weight excluding hydrogens is 294 g/mol. The van der Waals surface area contributed by atoms with Gasteiger partial charge in [0.15, 0.2) is 0 Å². The van der Waals surface area contributed by atoms with Crippen molar-refractivity contribution in [1.82, 2.24) is 15.6 Å². The summed E-state index contributed by atoms with van der Waals surface area (Å²) in [4.78, 5) is 38.1. The van der Waals surface area contributed by atoms with E-state index < -0.39 is 23.4 Å². The van der Waals surface area contributed by atoms with Crippen molar-refractivity contribution in [3.8, 4) is 0 Å². The number of urea groups is 1. The molecule has 1 unspecified atom stereocenters. The number of thiazole rings is 1. The molecule has 116 valence electrons. The predicted molar refractivity (Wildman–Crippen MR) is 77.8 cm³/mol. The molecule has 7 nitrogen and oxygen atoms in total. The largest absolute Gasteiger partial charge is 0.481 e. The van der Waals surface area contributed by atoms with Gasteiger partial charge in [0.2, 0.25) is 5.91 Å². The van der Waals surface area contributed by atoms with E-state index in [1.807, 2.05) is 0 Å². The van der Waals surface area contributed by atoms with Crippen molar-refractivity contribution in [2.45, 2.75) is 39.2 Å². The topological polar surface area (TPSA) is 108 Å². The molecule has 3 N–H and O–H groups in total. The van der Waals surface area contributed by atoms with Gasteiger partial charge in [0.1, 0.15) is 5.01 Å². The molecule has 0 aromatic carbocycles. The van der Waals surface area contributed by atoms with Gasteiger partial charge in [0.05, 0.1) is 5.54 Å². The molecule has 0 aliphatic heterocycles. The van der Waals surface area contributed by atoms with Crippen LogP contribution in [0.25, 0.3) is 0 Å². The molecule has 1 aromatic rings. The molecule has 21 heavy (non-hydrogen) atoms. The van der Waals surface area contributed by atoms with Crippen LogP contribution < -0.4 is 10.6 Å². The maximum atomic E-state index is 11.8. The number of carbonyl (C=O) groups excluding carboxylic acids is 2. The van der Waals surface area contributed by atoms with Gasteiger partial charge in [-0.25, -0.2) is 9.78 Å². The molecule has 0 radical (unpaired) electrons. The molecule has 0 saturated carbocycles. The van der Waals surface area contributed by atoms with Crippen molar-refractivity contribution >= 4 is 29.2 Å². The first-order chi connectivity index (χ1) is 9.70. The van der Waals surface area contributed by atoms with Gasteiger partial charge in [-0.05, 0) is 19.8 Å². The Balaban J connectivity index is 2.46. The summed E-state index contributed by atoms with van der Waals surface area (Å²) in [7, 11) is 0. The molecule has 8 heteroatoms. The summed E-state index contributed by atoms with van der Waals surface area (Å²) in [6.07, 6.45) is 1.51. The van der Waals surface area contributed by atoms with Crippen LogP contribution in [0.5, 0.6) is 0 Å².